The molecule has 0 aliphatic heterocycles. The van der Waals surface area contributed by atoms with Crippen molar-refractivity contribution in [3.63, 3.8) is 0 Å². The molecule has 1 aromatic heterocycles. The minimum atomic E-state index is -3.82. The van der Waals surface area contributed by atoms with Gasteiger partial charge in [0.25, 0.3) is 0 Å². The molecule has 7 nitrogen and oxygen atoms in total. The van der Waals surface area contributed by atoms with Crippen LogP contribution in [0, 0.1) is 0 Å². The van der Waals surface area contributed by atoms with Crippen LogP contribution < -0.4 is 15.2 Å². The minimum absolute atomic E-state index is 0.0255. The largest absolute Gasteiger partial charge is 0.425 e. The summed E-state index contributed by atoms with van der Waals surface area (Å²) >= 11 is 11.8. The standard InChI is InChI=1S/C19H20Cl2N4O3S/c1-3-25-18(11-23-19(25)28-14-6-4-5-13(22)9-14)12(2)24-29(26,27)15-7-8-16(20)17(21)10-15/h4-12,24H,3,22H2,1-2H3. The number of imidazole rings is 1. The third-order valence-corrected chi connectivity index (χ3v) is 6.49. The van der Waals surface area contributed by atoms with E-state index < -0.39 is 16.1 Å². The van der Waals surface area contributed by atoms with Crippen LogP contribution in [-0.4, -0.2) is 18.0 Å². The lowest BCUT2D eigenvalue weighted by molar-refractivity contribution is 0.408. The molecule has 3 N–H and O–H groups in total. The van der Waals surface area contributed by atoms with Crippen LogP contribution in [0.15, 0.2) is 53.6 Å². The van der Waals surface area contributed by atoms with Crippen LogP contribution in [0.4, 0.5) is 5.69 Å². The van der Waals surface area contributed by atoms with Crippen LogP contribution in [-0.2, 0) is 16.6 Å². The molecule has 0 spiro atoms. The first-order valence-electron chi connectivity index (χ1n) is 8.77. The second-order valence-electron chi connectivity index (χ2n) is 6.30. The molecule has 2 aromatic carbocycles. The van der Waals surface area contributed by atoms with Crippen molar-refractivity contribution in [3.05, 3.63) is 64.4 Å². The zero-order valence-corrected chi connectivity index (χ0v) is 18.1. The number of sulfonamides is 1. The van der Waals surface area contributed by atoms with E-state index in [1.165, 1.54) is 18.2 Å². The average Bonchev–Trinajstić information content (AvgIpc) is 3.06. The van der Waals surface area contributed by atoms with E-state index in [0.29, 0.717) is 29.7 Å². The molecule has 3 rings (SSSR count). The first-order chi connectivity index (χ1) is 13.7. The Hall–Kier alpha value is -2.26. The van der Waals surface area contributed by atoms with Gasteiger partial charge in [0.15, 0.2) is 0 Å². The molecule has 0 aliphatic rings. The van der Waals surface area contributed by atoms with Gasteiger partial charge in [0.2, 0.25) is 10.0 Å². The Morgan fingerprint density at radius 2 is 1.97 bits per heavy atom. The third kappa shape index (κ3) is 4.84. The van der Waals surface area contributed by atoms with Crippen molar-refractivity contribution in [1.82, 2.24) is 14.3 Å². The SMILES string of the molecule is CCn1c(C(C)NS(=O)(=O)c2ccc(Cl)c(Cl)c2)cnc1Oc1cccc(N)c1. The molecule has 0 bridgehead atoms. The number of nitrogens with one attached hydrogen (secondary N) is 1. The summed E-state index contributed by atoms with van der Waals surface area (Å²) in [6.45, 7) is 4.17. The van der Waals surface area contributed by atoms with Crippen molar-refractivity contribution in [2.24, 2.45) is 0 Å². The van der Waals surface area contributed by atoms with Crippen LogP contribution in [0.25, 0.3) is 0 Å². The fraction of sp³-hybridized carbons (Fsp3) is 0.211. The highest BCUT2D eigenvalue weighted by Gasteiger charge is 2.23. The highest BCUT2D eigenvalue weighted by atomic mass is 35.5. The molecule has 10 heteroatoms. The lowest BCUT2D eigenvalue weighted by Gasteiger charge is -2.17. The number of halogens is 2. The number of nitrogens with zero attached hydrogens (tertiary/aromatic N) is 2. The van der Waals surface area contributed by atoms with Crippen molar-refractivity contribution in [3.8, 4) is 11.8 Å². The van der Waals surface area contributed by atoms with Crippen molar-refractivity contribution in [1.29, 1.82) is 0 Å². The first-order valence-corrected chi connectivity index (χ1v) is 11.0. The molecule has 1 atom stereocenters. The molecule has 1 heterocycles. The minimum Gasteiger partial charge on any atom is -0.425 e. The van der Waals surface area contributed by atoms with Gasteiger partial charge >= 0.3 is 6.01 Å². The smallest absolute Gasteiger partial charge is 0.302 e. The zero-order chi connectivity index (χ0) is 21.2. The van der Waals surface area contributed by atoms with E-state index in [4.69, 9.17) is 33.7 Å². The molecule has 0 fully saturated rings. The van der Waals surface area contributed by atoms with Gasteiger partial charge in [-0.15, -0.1) is 0 Å². The Bertz CT molecular complexity index is 1130. The summed E-state index contributed by atoms with van der Waals surface area (Å²) in [7, 11) is -3.82. The maximum absolute atomic E-state index is 12.7. The monoisotopic (exact) mass is 454 g/mol. The topological polar surface area (TPSA) is 99.2 Å². The highest BCUT2D eigenvalue weighted by Crippen LogP contribution is 2.28. The number of ether oxygens (including phenoxy) is 1. The summed E-state index contributed by atoms with van der Waals surface area (Å²) < 4.78 is 35.7. The molecule has 1 unspecified atom stereocenters. The van der Waals surface area contributed by atoms with E-state index in [1.807, 2.05) is 6.92 Å². The van der Waals surface area contributed by atoms with Crippen LogP contribution >= 0.6 is 23.2 Å². The second-order valence-corrected chi connectivity index (χ2v) is 8.83. The second kappa shape index (κ2) is 8.62. The Morgan fingerprint density at radius 1 is 1.21 bits per heavy atom. The van der Waals surface area contributed by atoms with Gasteiger partial charge in [-0.2, -0.15) is 0 Å². The lowest BCUT2D eigenvalue weighted by Crippen LogP contribution is -2.28. The van der Waals surface area contributed by atoms with Gasteiger partial charge < -0.3 is 10.5 Å². The molecule has 0 aliphatic carbocycles. The predicted octanol–water partition coefficient (Wildman–Crippen LogP) is 4.62. The fourth-order valence-electron chi connectivity index (χ4n) is 2.80. The van der Waals surface area contributed by atoms with Crippen LogP contribution in [0.1, 0.15) is 25.6 Å². The quantitative estimate of drug-likeness (QED) is 0.507. The van der Waals surface area contributed by atoms with Gasteiger partial charge in [0, 0.05) is 18.3 Å². The molecule has 0 saturated carbocycles. The van der Waals surface area contributed by atoms with E-state index >= 15 is 0 Å². The molecule has 0 saturated heterocycles. The van der Waals surface area contributed by atoms with Crippen LogP contribution in [0.3, 0.4) is 0 Å². The maximum Gasteiger partial charge on any atom is 0.302 e. The Balaban J connectivity index is 1.84. The number of hydrogen-bond acceptors (Lipinski definition) is 5. The summed E-state index contributed by atoms with van der Waals surface area (Å²) in [5.41, 5.74) is 7.00. The molecular weight excluding hydrogens is 435 g/mol. The van der Waals surface area contributed by atoms with Crippen molar-refractivity contribution < 1.29 is 13.2 Å². The van der Waals surface area contributed by atoms with Crippen molar-refractivity contribution in [2.45, 2.75) is 31.3 Å². The van der Waals surface area contributed by atoms with E-state index in [-0.39, 0.29) is 14.9 Å². The molecule has 0 amide bonds. The van der Waals surface area contributed by atoms with Gasteiger partial charge in [0.05, 0.1) is 32.9 Å². The van der Waals surface area contributed by atoms with E-state index in [0.717, 1.165) is 0 Å². The number of aromatic nitrogens is 2. The number of nitrogens with two attached hydrogens (primary N) is 1. The molecule has 154 valence electrons. The number of hydrogen-bond donors (Lipinski definition) is 2. The third-order valence-electron chi connectivity index (χ3n) is 4.21. The highest BCUT2D eigenvalue weighted by molar-refractivity contribution is 7.89. The van der Waals surface area contributed by atoms with Crippen LogP contribution in [0.5, 0.6) is 11.8 Å². The first kappa shape index (κ1) is 21.4. The maximum atomic E-state index is 12.7. The number of nitrogen functional groups attached to an aromatic ring is 1. The average molecular weight is 455 g/mol. The number of anilines is 1. The normalized spacial score (nSPS) is 12.7. The number of benzene rings is 2. The van der Waals surface area contributed by atoms with E-state index in [1.54, 1.807) is 42.0 Å². The zero-order valence-electron chi connectivity index (χ0n) is 15.8. The summed E-state index contributed by atoms with van der Waals surface area (Å²) in [5.74, 6) is 0.542. The van der Waals surface area contributed by atoms with Gasteiger partial charge in [-0.05, 0) is 44.2 Å². The van der Waals surface area contributed by atoms with E-state index in [9.17, 15) is 8.42 Å². The Kier molecular flexibility index (Phi) is 6.38. The molecule has 29 heavy (non-hydrogen) atoms. The molecular formula is C19H20Cl2N4O3S. The fourth-order valence-corrected chi connectivity index (χ4v) is 4.41. The van der Waals surface area contributed by atoms with Crippen LogP contribution in [0.2, 0.25) is 10.0 Å². The number of rotatable bonds is 7. The Morgan fingerprint density at radius 3 is 2.62 bits per heavy atom. The molecule has 3 aromatic rings. The van der Waals surface area contributed by atoms with Gasteiger partial charge in [-0.1, -0.05) is 29.3 Å². The van der Waals surface area contributed by atoms with Gasteiger partial charge in [0.1, 0.15) is 5.75 Å². The lowest BCUT2D eigenvalue weighted by atomic mass is 10.3. The summed E-state index contributed by atoms with van der Waals surface area (Å²) in [4.78, 5) is 4.31. The van der Waals surface area contributed by atoms with Gasteiger partial charge in [-0.3, -0.25) is 4.57 Å². The van der Waals surface area contributed by atoms with Crippen molar-refractivity contribution >= 4 is 38.9 Å². The van der Waals surface area contributed by atoms with Gasteiger partial charge in [-0.25, -0.2) is 18.1 Å². The summed E-state index contributed by atoms with van der Waals surface area (Å²) in [5, 5.41) is 0.449. The van der Waals surface area contributed by atoms with Crippen molar-refractivity contribution in [2.75, 3.05) is 5.73 Å². The Labute approximate surface area is 179 Å². The molecule has 0 radical (unpaired) electrons. The predicted molar refractivity (Wildman–Crippen MR) is 114 cm³/mol. The summed E-state index contributed by atoms with van der Waals surface area (Å²) in [6, 6.07) is 10.9. The summed E-state index contributed by atoms with van der Waals surface area (Å²) in [6.07, 6.45) is 1.58. The van der Waals surface area contributed by atoms with E-state index in [2.05, 4.69) is 9.71 Å².